The van der Waals surface area contributed by atoms with Gasteiger partial charge >= 0.3 is 0 Å². The van der Waals surface area contributed by atoms with Gasteiger partial charge in [-0.1, -0.05) is 30.3 Å². The third kappa shape index (κ3) is 8.90. The summed E-state index contributed by atoms with van der Waals surface area (Å²) in [5.41, 5.74) is 1.40. The molecule has 1 atom stereocenters. The second-order valence-corrected chi connectivity index (χ2v) is 7.10. The number of benzene rings is 1. The van der Waals surface area contributed by atoms with Crippen LogP contribution in [0.3, 0.4) is 0 Å². The van der Waals surface area contributed by atoms with Gasteiger partial charge < -0.3 is 15.5 Å². The fourth-order valence-electron chi connectivity index (χ4n) is 3.27. The molecule has 142 valence electrons. The van der Waals surface area contributed by atoms with Gasteiger partial charge in [0, 0.05) is 19.6 Å². The Kier molecular flexibility index (Phi) is 11.1. The number of halogens is 1. The standard InChI is InChI=1S/C20H34N4.HI/c1-17(9-10-18-7-5-4-6-8-18)23-20(21-2)22-14-11-19-12-15-24(3)16-13-19;/h4-8,17,19H,9-16H2,1-3H3,(H2,21,22,23);1H. The van der Waals surface area contributed by atoms with Crippen LogP contribution < -0.4 is 10.6 Å². The number of aryl methyl sites for hydroxylation is 1. The number of likely N-dealkylation sites (tertiary alicyclic amines) is 1. The van der Waals surface area contributed by atoms with Crippen LogP contribution in [0.15, 0.2) is 35.3 Å². The largest absolute Gasteiger partial charge is 0.356 e. The zero-order valence-corrected chi connectivity index (χ0v) is 18.3. The van der Waals surface area contributed by atoms with Crippen LogP contribution >= 0.6 is 24.0 Å². The highest BCUT2D eigenvalue weighted by molar-refractivity contribution is 14.0. The van der Waals surface area contributed by atoms with E-state index in [-0.39, 0.29) is 24.0 Å². The number of guanidine groups is 1. The number of piperidine rings is 1. The Balaban J connectivity index is 0.00000312. The normalized spacial score (nSPS) is 17.6. The van der Waals surface area contributed by atoms with Gasteiger partial charge in [0.1, 0.15) is 0 Å². The van der Waals surface area contributed by atoms with E-state index in [1.165, 1.54) is 37.9 Å². The van der Waals surface area contributed by atoms with Crippen LogP contribution in [0.4, 0.5) is 0 Å². The topological polar surface area (TPSA) is 39.7 Å². The van der Waals surface area contributed by atoms with Crippen molar-refractivity contribution in [2.24, 2.45) is 10.9 Å². The molecule has 25 heavy (non-hydrogen) atoms. The average molecular weight is 458 g/mol. The lowest BCUT2D eigenvalue weighted by Gasteiger charge is -2.29. The summed E-state index contributed by atoms with van der Waals surface area (Å²) in [6, 6.07) is 11.1. The molecular formula is C20H35IN4. The molecule has 1 aromatic rings. The summed E-state index contributed by atoms with van der Waals surface area (Å²) in [6.07, 6.45) is 6.11. The van der Waals surface area contributed by atoms with Crippen molar-refractivity contribution < 1.29 is 0 Å². The maximum atomic E-state index is 4.36. The quantitative estimate of drug-likeness (QED) is 0.373. The smallest absolute Gasteiger partial charge is 0.191 e. The summed E-state index contributed by atoms with van der Waals surface area (Å²) >= 11 is 0. The molecule has 2 rings (SSSR count). The Labute approximate surface area is 170 Å². The maximum Gasteiger partial charge on any atom is 0.191 e. The van der Waals surface area contributed by atoms with E-state index in [0.29, 0.717) is 6.04 Å². The van der Waals surface area contributed by atoms with Gasteiger partial charge in [-0.3, -0.25) is 4.99 Å². The first kappa shape index (κ1) is 22.2. The first-order valence-electron chi connectivity index (χ1n) is 9.37. The summed E-state index contributed by atoms with van der Waals surface area (Å²) in [6.45, 7) is 5.73. The second kappa shape index (κ2) is 12.5. The van der Waals surface area contributed by atoms with E-state index in [1.54, 1.807) is 0 Å². The highest BCUT2D eigenvalue weighted by atomic mass is 127. The Bertz CT molecular complexity index is 484. The Hall–Kier alpha value is -0.820. The highest BCUT2D eigenvalue weighted by Gasteiger charge is 2.16. The van der Waals surface area contributed by atoms with Crippen molar-refractivity contribution in [3.8, 4) is 0 Å². The Morgan fingerprint density at radius 1 is 1.24 bits per heavy atom. The van der Waals surface area contributed by atoms with E-state index >= 15 is 0 Å². The minimum atomic E-state index is 0. The van der Waals surface area contributed by atoms with Crippen molar-refractivity contribution in [1.29, 1.82) is 0 Å². The van der Waals surface area contributed by atoms with Gasteiger partial charge in [0.2, 0.25) is 0 Å². The van der Waals surface area contributed by atoms with E-state index in [9.17, 15) is 0 Å². The molecule has 0 bridgehead atoms. The third-order valence-corrected chi connectivity index (χ3v) is 5.00. The monoisotopic (exact) mass is 458 g/mol. The van der Waals surface area contributed by atoms with Gasteiger partial charge in [-0.15, -0.1) is 24.0 Å². The van der Waals surface area contributed by atoms with Crippen molar-refractivity contribution in [2.45, 2.75) is 45.1 Å². The number of rotatable bonds is 7. The van der Waals surface area contributed by atoms with Crippen molar-refractivity contribution in [3.05, 3.63) is 35.9 Å². The van der Waals surface area contributed by atoms with Crippen molar-refractivity contribution >= 4 is 29.9 Å². The van der Waals surface area contributed by atoms with Crippen LogP contribution in [0.2, 0.25) is 0 Å². The van der Waals surface area contributed by atoms with Crippen molar-refractivity contribution in [1.82, 2.24) is 15.5 Å². The summed E-state index contributed by atoms with van der Waals surface area (Å²) in [7, 11) is 4.08. The number of nitrogens with zero attached hydrogens (tertiary/aromatic N) is 2. The van der Waals surface area contributed by atoms with E-state index in [2.05, 4.69) is 64.8 Å². The molecule has 0 amide bonds. The molecule has 1 saturated heterocycles. The molecule has 4 nitrogen and oxygen atoms in total. The van der Waals surface area contributed by atoms with Crippen molar-refractivity contribution in [3.63, 3.8) is 0 Å². The zero-order valence-electron chi connectivity index (χ0n) is 16.0. The van der Waals surface area contributed by atoms with Crippen LogP contribution in [0, 0.1) is 5.92 Å². The molecule has 0 radical (unpaired) electrons. The van der Waals surface area contributed by atoms with Crippen LogP contribution in [-0.2, 0) is 6.42 Å². The minimum Gasteiger partial charge on any atom is -0.356 e. The molecular weight excluding hydrogens is 423 g/mol. The summed E-state index contributed by atoms with van der Waals surface area (Å²) < 4.78 is 0. The first-order valence-corrected chi connectivity index (χ1v) is 9.37. The lowest BCUT2D eigenvalue weighted by Crippen LogP contribution is -2.43. The Morgan fingerprint density at radius 2 is 1.92 bits per heavy atom. The fourth-order valence-corrected chi connectivity index (χ4v) is 3.27. The summed E-state index contributed by atoms with van der Waals surface area (Å²) in [5.74, 6) is 1.80. The number of aliphatic imine (C=N–C) groups is 1. The highest BCUT2D eigenvalue weighted by Crippen LogP contribution is 2.18. The molecule has 1 fully saturated rings. The summed E-state index contributed by atoms with van der Waals surface area (Å²) in [4.78, 5) is 6.79. The van der Waals surface area contributed by atoms with Gasteiger partial charge in [-0.25, -0.2) is 0 Å². The van der Waals surface area contributed by atoms with Gasteiger partial charge in [0.25, 0.3) is 0 Å². The summed E-state index contributed by atoms with van der Waals surface area (Å²) in [5, 5.41) is 6.99. The molecule has 1 aliphatic rings. The first-order chi connectivity index (χ1) is 11.7. The van der Waals surface area contributed by atoms with E-state index < -0.39 is 0 Å². The predicted molar refractivity (Wildman–Crippen MR) is 119 cm³/mol. The van der Waals surface area contributed by atoms with E-state index in [0.717, 1.165) is 31.3 Å². The SMILES string of the molecule is CN=C(NCCC1CCN(C)CC1)NC(C)CCc1ccccc1.I. The van der Waals surface area contributed by atoms with Gasteiger partial charge in [0.15, 0.2) is 5.96 Å². The van der Waals surface area contributed by atoms with Gasteiger partial charge in [0.05, 0.1) is 0 Å². The molecule has 5 heteroatoms. The molecule has 0 saturated carbocycles. The van der Waals surface area contributed by atoms with Crippen molar-refractivity contribution in [2.75, 3.05) is 33.7 Å². The van der Waals surface area contributed by atoms with Gasteiger partial charge in [-0.2, -0.15) is 0 Å². The van der Waals surface area contributed by atoms with Crippen LogP contribution in [0.1, 0.15) is 38.2 Å². The molecule has 1 aliphatic heterocycles. The zero-order chi connectivity index (χ0) is 17.2. The van der Waals surface area contributed by atoms with E-state index in [1.807, 2.05) is 7.05 Å². The van der Waals surface area contributed by atoms with Gasteiger partial charge in [-0.05, 0) is 70.6 Å². The Morgan fingerprint density at radius 3 is 2.56 bits per heavy atom. The van der Waals surface area contributed by atoms with E-state index in [4.69, 9.17) is 0 Å². The lowest BCUT2D eigenvalue weighted by molar-refractivity contribution is 0.213. The number of hydrogen-bond donors (Lipinski definition) is 2. The minimum absolute atomic E-state index is 0. The molecule has 0 aliphatic carbocycles. The molecule has 2 N–H and O–H groups in total. The number of nitrogens with one attached hydrogen (secondary N) is 2. The second-order valence-electron chi connectivity index (χ2n) is 7.10. The molecule has 1 unspecified atom stereocenters. The average Bonchev–Trinajstić information content (AvgIpc) is 2.61. The molecule has 1 aromatic carbocycles. The molecule has 0 spiro atoms. The predicted octanol–water partition coefficient (Wildman–Crippen LogP) is 3.52. The third-order valence-electron chi connectivity index (χ3n) is 5.00. The fraction of sp³-hybridized carbons (Fsp3) is 0.650. The number of hydrogen-bond acceptors (Lipinski definition) is 2. The van der Waals surface area contributed by atoms with Crippen LogP contribution in [-0.4, -0.2) is 50.6 Å². The van der Waals surface area contributed by atoms with Crippen LogP contribution in [0.25, 0.3) is 0 Å². The maximum absolute atomic E-state index is 4.36. The molecule has 1 heterocycles. The molecule has 0 aromatic heterocycles. The lowest BCUT2D eigenvalue weighted by atomic mass is 9.94. The van der Waals surface area contributed by atoms with Crippen LogP contribution in [0.5, 0.6) is 0 Å².